The fraction of sp³-hybridized carbons (Fsp3) is 0.273. The highest BCUT2D eigenvalue weighted by Crippen LogP contribution is 2.14. The molecule has 0 bridgehead atoms. The number of rotatable bonds is 4. The number of carbonyl (C=O) groups excluding carboxylic acids is 1. The van der Waals surface area contributed by atoms with E-state index in [9.17, 15) is 14.7 Å². The molecule has 3 aromatic rings. The van der Waals surface area contributed by atoms with E-state index in [0.29, 0.717) is 17.4 Å². The minimum Gasteiger partial charge on any atom is -0.545 e. The van der Waals surface area contributed by atoms with E-state index in [1.165, 1.54) is 22.7 Å². The Balaban J connectivity index is 1.55. The number of quaternary nitrogens is 1. The largest absolute Gasteiger partial charge is 0.545 e. The lowest BCUT2D eigenvalue weighted by Gasteiger charge is -2.33. The Bertz CT molecular complexity index is 1070. The maximum Gasteiger partial charge on any atom is 0.198 e. The molecule has 28 heavy (non-hydrogen) atoms. The number of carboxylic acid groups (broad SMARTS) is 1. The van der Waals surface area contributed by atoms with Crippen LogP contribution in [0, 0.1) is 6.92 Å². The number of carboxylic acids is 1. The molecule has 4 rings (SSSR count). The zero-order chi connectivity index (χ0) is 19.7. The first-order valence-electron chi connectivity index (χ1n) is 9.53. The molecule has 2 aromatic carbocycles. The van der Waals surface area contributed by atoms with Gasteiger partial charge in [-0.25, -0.2) is 0 Å². The van der Waals surface area contributed by atoms with Crippen LogP contribution in [0.3, 0.4) is 0 Å². The number of pyridine rings is 1. The van der Waals surface area contributed by atoms with Crippen molar-refractivity contribution in [3.63, 3.8) is 0 Å². The second kappa shape index (κ2) is 7.48. The molecule has 1 aliphatic heterocycles. The van der Waals surface area contributed by atoms with Crippen LogP contribution in [0.5, 0.6) is 0 Å². The van der Waals surface area contributed by atoms with E-state index in [4.69, 9.17) is 0 Å². The number of para-hydroxylation sites is 1. The van der Waals surface area contributed by atoms with Gasteiger partial charge in [0, 0.05) is 22.3 Å². The number of anilines is 1. The van der Waals surface area contributed by atoms with Gasteiger partial charge in [-0.3, -0.25) is 4.79 Å². The molecular formula is C22H23N3O3. The Morgan fingerprint density at radius 2 is 1.86 bits per heavy atom. The normalized spacial score (nSPS) is 15.1. The number of nitrogens with one attached hydrogen (secondary N) is 2. The van der Waals surface area contributed by atoms with Crippen molar-refractivity contribution in [3.8, 4) is 0 Å². The molecule has 0 spiro atoms. The van der Waals surface area contributed by atoms with Crippen LogP contribution < -0.4 is 20.3 Å². The van der Waals surface area contributed by atoms with Crippen molar-refractivity contribution in [1.29, 1.82) is 0 Å². The molecule has 2 heterocycles. The summed E-state index contributed by atoms with van der Waals surface area (Å²) < 4.78 is 0. The number of carbonyl (C=O) groups is 1. The first-order chi connectivity index (χ1) is 13.5. The third-order valence-electron chi connectivity index (χ3n) is 5.57. The summed E-state index contributed by atoms with van der Waals surface area (Å²) in [6, 6.07) is 14.9. The summed E-state index contributed by atoms with van der Waals surface area (Å²) in [6.07, 6.45) is 0. The van der Waals surface area contributed by atoms with E-state index in [1.54, 1.807) is 6.07 Å². The molecule has 0 atom stereocenters. The number of hydrogen-bond donors (Lipinski definition) is 2. The number of aromatic nitrogens is 1. The summed E-state index contributed by atoms with van der Waals surface area (Å²) in [7, 11) is 0. The molecule has 0 amide bonds. The molecule has 1 fully saturated rings. The highest BCUT2D eigenvalue weighted by molar-refractivity contribution is 5.92. The zero-order valence-corrected chi connectivity index (χ0v) is 15.8. The van der Waals surface area contributed by atoms with Gasteiger partial charge in [-0.15, -0.1) is 0 Å². The van der Waals surface area contributed by atoms with Crippen molar-refractivity contribution in [3.05, 3.63) is 75.6 Å². The number of hydrogen-bond acceptors (Lipinski definition) is 4. The molecule has 0 aliphatic carbocycles. The molecule has 0 unspecified atom stereocenters. The number of fused-ring (bicyclic) bond motifs is 1. The lowest BCUT2D eigenvalue weighted by atomic mass is 10.1. The molecule has 2 N–H and O–H groups in total. The third kappa shape index (κ3) is 3.51. The van der Waals surface area contributed by atoms with Crippen molar-refractivity contribution in [1.82, 2.24) is 4.98 Å². The second-order valence-electron chi connectivity index (χ2n) is 7.35. The topological polar surface area (TPSA) is 80.7 Å². The molecule has 144 valence electrons. The lowest BCUT2D eigenvalue weighted by Crippen LogP contribution is -3.13. The highest BCUT2D eigenvalue weighted by Gasteiger charge is 2.22. The van der Waals surface area contributed by atoms with Gasteiger partial charge < -0.3 is 24.7 Å². The number of benzene rings is 2. The summed E-state index contributed by atoms with van der Waals surface area (Å²) in [6.45, 7) is 6.32. The van der Waals surface area contributed by atoms with Gasteiger partial charge in [0.15, 0.2) is 5.43 Å². The molecule has 1 saturated heterocycles. The summed E-state index contributed by atoms with van der Waals surface area (Å²) >= 11 is 0. The molecule has 6 heteroatoms. The van der Waals surface area contributed by atoms with Crippen LogP contribution in [-0.4, -0.2) is 37.1 Å². The molecular weight excluding hydrogens is 354 g/mol. The second-order valence-corrected chi connectivity index (χ2v) is 7.35. The fourth-order valence-corrected chi connectivity index (χ4v) is 3.94. The minimum absolute atomic E-state index is 0.0247. The van der Waals surface area contributed by atoms with Crippen LogP contribution >= 0.6 is 0 Å². The lowest BCUT2D eigenvalue weighted by molar-refractivity contribution is -0.914. The molecule has 1 aliphatic rings. The van der Waals surface area contributed by atoms with Gasteiger partial charge in [0.1, 0.15) is 6.54 Å². The van der Waals surface area contributed by atoms with Gasteiger partial charge in [-0.1, -0.05) is 24.3 Å². The highest BCUT2D eigenvalue weighted by atomic mass is 16.4. The number of H-pyrrole nitrogens is 1. The molecule has 6 nitrogen and oxygen atoms in total. The van der Waals surface area contributed by atoms with Crippen LogP contribution in [0.4, 0.5) is 5.69 Å². The van der Waals surface area contributed by atoms with E-state index in [0.717, 1.165) is 37.4 Å². The third-order valence-corrected chi connectivity index (χ3v) is 5.57. The summed E-state index contributed by atoms with van der Waals surface area (Å²) in [5, 5.41) is 11.5. The Hall–Kier alpha value is -3.12. The van der Waals surface area contributed by atoms with E-state index in [-0.39, 0.29) is 11.0 Å². The van der Waals surface area contributed by atoms with E-state index < -0.39 is 5.97 Å². The van der Waals surface area contributed by atoms with Crippen molar-refractivity contribution in [2.45, 2.75) is 13.5 Å². The van der Waals surface area contributed by atoms with Gasteiger partial charge >= 0.3 is 0 Å². The van der Waals surface area contributed by atoms with Gasteiger partial charge in [0.25, 0.3) is 0 Å². The van der Waals surface area contributed by atoms with Crippen molar-refractivity contribution in [2.24, 2.45) is 0 Å². The Morgan fingerprint density at radius 1 is 1.14 bits per heavy atom. The summed E-state index contributed by atoms with van der Waals surface area (Å²) in [5.74, 6) is -1.27. The Kier molecular flexibility index (Phi) is 4.88. The van der Waals surface area contributed by atoms with E-state index in [2.05, 4.69) is 22.0 Å². The first kappa shape index (κ1) is 18.3. The van der Waals surface area contributed by atoms with Crippen LogP contribution in [0.2, 0.25) is 0 Å². The minimum atomic E-state index is -1.27. The molecule has 0 saturated carbocycles. The summed E-state index contributed by atoms with van der Waals surface area (Å²) in [4.78, 5) is 31.1. The average molecular weight is 377 g/mol. The number of aryl methyl sites for hydroxylation is 1. The standard InChI is InChI=1S/C22H23N3O3/c1-15-19(21(26)18-13-16(22(27)28)7-8-20(18)23-15)14-24-9-11-25(12-10-24)17-5-3-2-4-6-17/h2-8,13H,9-12,14H2,1H3,(H,23,26)(H,27,28). The maximum absolute atomic E-state index is 13.0. The van der Waals surface area contributed by atoms with Crippen LogP contribution in [-0.2, 0) is 6.54 Å². The molecule has 0 radical (unpaired) electrons. The SMILES string of the molecule is Cc1[nH]c2ccc(C(=O)[O-])cc2c(=O)c1C[NH+]1CCN(c2ccccc2)CC1. The van der Waals surface area contributed by atoms with E-state index >= 15 is 0 Å². The fourth-order valence-electron chi connectivity index (χ4n) is 3.94. The predicted octanol–water partition coefficient (Wildman–Crippen LogP) is 0.105. The Labute approximate surface area is 163 Å². The quantitative estimate of drug-likeness (QED) is 0.676. The average Bonchev–Trinajstić information content (AvgIpc) is 2.72. The van der Waals surface area contributed by atoms with Crippen molar-refractivity contribution >= 4 is 22.6 Å². The Morgan fingerprint density at radius 3 is 2.54 bits per heavy atom. The van der Waals surface area contributed by atoms with Crippen molar-refractivity contribution in [2.75, 3.05) is 31.1 Å². The first-order valence-corrected chi connectivity index (χ1v) is 9.53. The van der Waals surface area contributed by atoms with Gasteiger partial charge in [-0.05, 0) is 36.8 Å². The van der Waals surface area contributed by atoms with E-state index in [1.807, 2.05) is 25.1 Å². The number of nitrogens with zero attached hydrogens (tertiary/aromatic N) is 1. The van der Waals surface area contributed by atoms with Gasteiger partial charge in [-0.2, -0.15) is 0 Å². The maximum atomic E-state index is 13.0. The number of aromatic amines is 1. The summed E-state index contributed by atoms with van der Waals surface area (Å²) in [5.41, 5.74) is 3.39. The monoisotopic (exact) mass is 377 g/mol. The predicted molar refractivity (Wildman–Crippen MR) is 107 cm³/mol. The van der Waals surface area contributed by atoms with Gasteiger partial charge in [0.05, 0.1) is 37.7 Å². The molecule has 1 aromatic heterocycles. The van der Waals surface area contributed by atoms with Crippen LogP contribution in [0.1, 0.15) is 21.6 Å². The van der Waals surface area contributed by atoms with Crippen LogP contribution in [0.15, 0.2) is 53.3 Å². The zero-order valence-electron chi connectivity index (χ0n) is 15.8. The van der Waals surface area contributed by atoms with Gasteiger partial charge in [0.2, 0.25) is 0 Å². The number of piperazine rings is 1. The smallest absolute Gasteiger partial charge is 0.198 e. The van der Waals surface area contributed by atoms with Crippen LogP contribution in [0.25, 0.3) is 10.9 Å². The van der Waals surface area contributed by atoms with Crippen molar-refractivity contribution < 1.29 is 14.8 Å². The number of aromatic carboxylic acids is 1.